The number of rotatable bonds is 2. The molecule has 2 heterocycles. The summed E-state index contributed by atoms with van der Waals surface area (Å²) in [6.07, 6.45) is 6.14. The van der Waals surface area contributed by atoms with E-state index in [1.165, 1.54) is 0 Å². The van der Waals surface area contributed by atoms with Crippen molar-refractivity contribution in [3.8, 4) is 0 Å². The molecule has 0 spiro atoms. The van der Waals surface area contributed by atoms with Gasteiger partial charge in [0.15, 0.2) is 0 Å². The zero-order valence-corrected chi connectivity index (χ0v) is 8.73. The molecule has 0 aliphatic carbocycles. The molecule has 2 rings (SSSR count). The average molecular weight is 195 g/mol. The Morgan fingerprint density at radius 2 is 2.50 bits per heavy atom. The van der Waals surface area contributed by atoms with Crippen molar-refractivity contribution in [3.63, 3.8) is 0 Å². The molecule has 1 aromatic rings. The van der Waals surface area contributed by atoms with Crippen LogP contribution in [0.5, 0.6) is 0 Å². The predicted octanol–water partition coefficient (Wildman–Crippen LogP) is 0.860. The Morgan fingerprint density at radius 3 is 3.14 bits per heavy atom. The highest BCUT2D eigenvalue weighted by Gasteiger charge is 2.24. The van der Waals surface area contributed by atoms with Gasteiger partial charge in [-0.25, -0.2) is 4.98 Å². The standard InChI is InChI=1S/C10H17N3O/c1-11-8-3-4-14-10(5-8)9-6-13(2)7-12-9/h6-8,10-11H,3-5H2,1-2H3. The number of imidazole rings is 1. The Labute approximate surface area is 84.3 Å². The van der Waals surface area contributed by atoms with Gasteiger partial charge >= 0.3 is 0 Å². The SMILES string of the molecule is CNC1CCOC(c2cn(C)cn2)C1. The molecule has 0 bridgehead atoms. The third kappa shape index (κ3) is 1.96. The molecule has 1 aliphatic heterocycles. The van der Waals surface area contributed by atoms with Crippen LogP contribution >= 0.6 is 0 Å². The lowest BCUT2D eigenvalue weighted by Crippen LogP contribution is -2.33. The van der Waals surface area contributed by atoms with Gasteiger partial charge in [-0.2, -0.15) is 0 Å². The molecule has 14 heavy (non-hydrogen) atoms. The monoisotopic (exact) mass is 195 g/mol. The van der Waals surface area contributed by atoms with Crippen LogP contribution in [-0.2, 0) is 11.8 Å². The molecule has 0 radical (unpaired) electrons. The molecule has 2 atom stereocenters. The van der Waals surface area contributed by atoms with Crippen LogP contribution in [0.3, 0.4) is 0 Å². The first-order chi connectivity index (χ1) is 6.79. The molecule has 1 N–H and O–H groups in total. The van der Waals surface area contributed by atoms with E-state index >= 15 is 0 Å². The Hall–Kier alpha value is -0.870. The number of nitrogens with zero attached hydrogens (tertiary/aromatic N) is 2. The third-order valence-electron chi connectivity index (χ3n) is 2.75. The fourth-order valence-electron chi connectivity index (χ4n) is 1.86. The fraction of sp³-hybridized carbons (Fsp3) is 0.700. The summed E-state index contributed by atoms with van der Waals surface area (Å²) in [4.78, 5) is 4.32. The Morgan fingerprint density at radius 1 is 1.64 bits per heavy atom. The molecule has 0 saturated carbocycles. The van der Waals surface area contributed by atoms with Crippen molar-refractivity contribution in [1.29, 1.82) is 0 Å². The molecule has 4 nitrogen and oxygen atoms in total. The lowest BCUT2D eigenvalue weighted by atomic mass is 10.0. The van der Waals surface area contributed by atoms with Crippen molar-refractivity contribution < 1.29 is 4.74 Å². The topological polar surface area (TPSA) is 39.1 Å². The maximum atomic E-state index is 5.69. The minimum Gasteiger partial charge on any atom is -0.372 e. The summed E-state index contributed by atoms with van der Waals surface area (Å²) in [6.45, 7) is 0.826. The Bertz CT molecular complexity index is 297. The maximum Gasteiger partial charge on any atom is 0.102 e. The van der Waals surface area contributed by atoms with Gasteiger partial charge in [0.2, 0.25) is 0 Å². The van der Waals surface area contributed by atoms with Gasteiger partial charge in [0.25, 0.3) is 0 Å². The smallest absolute Gasteiger partial charge is 0.102 e. The molecule has 0 amide bonds. The van der Waals surface area contributed by atoms with E-state index in [9.17, 15) is 0 Å². The fourth-order valence-corrected chi connectivity index (χ4v) is 1.86. The zero-order valence-electron chi connectivity index (χ0n) is 8.73. The number of hydrogen-bond acceptors (Lipinski definition) is 3. The van der Waals surface area contributed by atoms with E-state index in [4.69, 9.17) is 4.74 Å². The highest BCUT2D eigenvalue weighted by Crippen LogP contribution is 2.26. The number of ether oxygens (including phenoxy) is 1. The second kappa shape index (κ2) is 4.11. The number of nitrogens with one attached hydrogen (secondary N) is 1. The molecular formula is C10H17N3O. The van der Waals surface area contributed by atoms with Gasteiger partial charge in [-0.3, -0.25) is 0 Å². The molecule has 2 unspecified atom stereocenters. The van der Waals surface area contributed by atoms with Crippen molar-refractivity contribution in [3.05, 3.63) is 18.2 Å². The second-order valence-electron chi connectivity index (χ2n) is 3.83. The summed E-state index contributed by atoms with van der Waals surface area (Å²) in [5, 5.41) is 3.30. The Kier molecular flexibility index (Phi) is 2.84. The van der Waals surface area contributed by atoms with Crippen LogP contribution < -0.4 is 5.32 Å². The lowest BCUT2D eigenvalue weighted by molar-refractivity contribution is -0.000762. The van der Waals surface area contributed by atoms with Gasteiger partial charge in [-0.05, 0) is 19.9 Å². The molecule has 1 aromatic heterocycles. The van der Waals surface area contributed by atoms with Crippen molar-refractivity contribution in [2.24, 2.45) is 7.05 Å². The predicted molar refractivity (Wildman–Crippen MR) is 54.0 cm³/mol. The van der Waals surface area contributed by atoms with E-state index in [0.29, 0.717) is 6.04 Å². The van der Waals surface area contributed by atoms with Crippen LogP contribution in [0.1, 0.15) is 24.6 Å². The zero-order chi connectivity index (χ0) is 9.97. The van der Waals surface area contributed by atoms with Crippen molar-refractivity contribution in [1.82, 2.24) is 14.9 Å². The van der Waals surface area contributed by atoms with Crippen LogP contribution in [0.25, 0.3) is 0 Å². The van der Waals surface area contributed by atoms with Crippen LogP contribution in [0, 0.1) is 0 Å². The molecular weight excluding hydrogens is 178 g/mol. The van der Waals surface area contributed by atoms with Crippen LogP contribution in [-0.4, -0.2) is 29.2 Å². The van der Waals surface area contributed by atoms with Gasteiger partial charge in [0.1, 0.15) is 6.10 Å². The summed E-state index contributed by atoms with van der Waals surface area (Å²) in [6, 6.07) is 0.566. The third-order valence-corrected chi connectivity index (χ3v) is 2.75. The summed E-state index contributed by atoms with van der Waals surface area (Å²) < 4.78 is 7.65. The summed E-state index contributed by atoms with van der Waals surface area (Å²) >= 11 is 0. The van der Waals surface area contributed by atoms with Crippen LogP contribution in [0.4, 0.5) is 0 Å². The van der Waals surface area contributed by atoms with Gasteiger partial charge in [-0.1, -0.05) is 0 Å². The summed E-state index contributed by atoms with van der Waals surface area (Å²) in [7, 11) is 3.99. The first-order valence-electron chi connectivity index (χ1n) is 5.06. The lowest BCUT2D eigenvalue weighted by Gasteiger charge is -2.28. The molecule has 1 aliphatic rings. The maximum absolute atomic E-state index is 5.69. The van der Waals surface area contributed by atoms with E-state index in [-0.39, 0.29) is 6.10 Å². The van der Waals surface area contributed by atoms with E-state index in [1.54, 1.807) is 0 Å². The summed E-state index contributed by atoms with van der Waals surface area (Å²) in [5.41, 5.74) is 1.05. The number of aromatic nitrogens is 2. The quantitative estimate of drug-likeness (QED) is 0.760. The first kappa shape index (κ1) is 9.68. The summed E-state index contributed by atoms with van der Waals surface area (Å²) in [5.74, 6) is 0. The molecule has 4 heteroatoms. The van der Waals surface area contributed by atoms with E-state index in [1.807, 2.05) is 31.2 Å². The molecule has 78 valence electrons. The van der Waals surface area contributed by atoms with Gasteiger partial charge < -0.3 is 14.6 Å². The van der Waals surface area contributed by atoms with Gasteiger partial charge in [0.05, 0.1) is 12.0 Å². The number of hydrogen-bond donors (Lipinski definition) is 1. The van der Waals surface area contributed by atoms with Crippen molar-refractivity contribution >= 4 is 0 Å². The largest absolute Gasteiger partial charge is 0.372 e. The van der Waals surface area contributed by atoms with Crippen molar-refractivity contribution in [2.45, 2.75) is 25.0 Å². The number of aryl methyl sites for hydroxylation is 1. The van der Waals surface area contributed by atoms with Gasteiger partial charge in [-0.15, -0.1) is 0 Å². The van der Waals surface area contributed by atoms with E-state index in [0.717, 1.165) is 25.1 Å². The van der Waals surface area contributed by atoms with Crippen LogP contribution in [0.2, 0.25) is 0 Å². The normalized spacial score (nSPS) is 27.9. The minimum atomic E-state index is 0.169. The molecule has 0 aromatic carbocycles. The highest BCUT2D eigenvalue weighted by molar-refractivity contribution is 5.03. The average Bonchev–Trinajstić information content (AvgIpc) is 2.65. The second-order valence-corrected chi connectivity index (χ2v) is 3.83. The highest BCUT2D eigenvalue weighted by atomic mass is 16.5. The Balaban J connectivity index is 2.04. The molecule has 1 fully saturated rings. The van der Waals surface area contributed by atoms with Gasteiger partial charge in [0, 0.05) is 25.9 Å². The van der Waals surface area contributed by atoms with E-state index < -0.39 is 0 Å². The van der Waals surface area contributed by atoms with Crippen LogP contribution in [0.15, 0.2) is 12.5 Å². The minimum absolute atomic E-state index is 0.169. The van der Waals surface area contributed by atoms with E-state index in [2.05, 4.69) is 10.3 Å². The first-order valence-corrected chi connectivity index (χ1v) is 5.06. The van der Waals surface area contributed by atoms with Crippen molar-refractivity contribution in [2.75, 3.05) is 13.7 Å². The molecule has 1 saturated heterocycles.